The van der Waals surface area contributed by atoms with E-state index in [1.807, 2.05) is 0 Å². The van der Waals surface area contributed by atoms with Gasteiger partial charge in [0.2, 0.25) is 0 Å². The van der Waals surface area contributed by atoms with Gasteiger partial charge < -0.3 is 25.0 Å². The third-order valence-electron chi connectivity index (χ3n) is 3.76. The molecular formula is C21H23N3O4. The van der Waals surface area contributed by atoms with Crippen LogP contribution in [0.3, 0.4) is 0 Å². The molecule has 0 aliphatic rings. The van der Waals surface area contributed by atoms with E-state index in [0.29, 0.717) is 22.7 Å². The van der Waals surface area contributed by atoms with Gasteiger partial charge in [0.25, 0.3) is 5.91 Å². The maximum atomic E-state index is 12.0. The highest BCUT2D eigenvalue weighted by molar-refractivity contribution is 5.94. The Kier molecular flexibility index (Phi) is 7.28. The fourth-order valence-electron chi connectivity index (χ4n) is 2.38. The van der Waals surface area contributed by atoms with Crippen LogP contribution in [0.4, 0.5) is 10.5 Å². The summed E-state index contributed by atoms with van der Waals surface area (Å²) in [7, 11) is 6.44. The number of benzene rings is 2. The second-order valence-corrected chi connectivity index (χ2v) is 5.93. The van der Waals surface area contributed by atoms with Crippen LogP contribution in [0.2, 0.25) is 0 Å². The number of hydrogen-bond acceptors (Lipinski definition) is 4. The predicted molar refractivity (Wildman–Crippen MR) is 108 cm³/mol. The third-order valence-corrected chi connectivity index (χ3v) is 3.76. The number of carbonyl (C=O) groups is 2. The number of para-hydroxylation sites is 1. The zero-order chi connectivity index (χ0) is 20.5. The summed E-state index contributed by atoms with van der Waals surface area (Å²) in [5.41, 5.74) is 1.85. The Morgan fingerprint density at radius 2 is 1.75 bits per heavy atom. The minimum atomic E-state index is -0.409. The summed E-state index contributed by atoms with van der Waals surface area (Å²) in [6.07, 6.45) is 0. The summed E-state index contributed by atoms with van der Waals surface area (Å²) >= 11 is 0. The SMILES string of the molecule is COc1cccc(NC(=O)NCC#Cc2ccc(C(=O)N(C)C)cc2)c1OC. The zero-order valence-electron chi connectivity index (χ0n) is 16.3. The smallest absolute Gasteiger partial charge is 0.320 e. The molecular weight excluding hydrogens is 358 g/mol. The van der Waals surface area contributed by atoms with E-state index in [-0.39, 0.29) is 12.5 Å². The summed E-state index contributed by atoms with van der Waals surface area (Å²) in [4.78, 5) is 25.4. The van der Waals surface area contributed by atoms with Gasteiger partial charge in [0, 0.05) is 25.2 Å². The van der Waals surface area contributed by atoms with Crippen LogP contribution in [-0.4, -0.2) is 51.7 Å². The van der Waals surface area contributed by atoms with Gasteiger partial charge in [-0.3, -0.25) is 4.79 Å². The van der Waals surface area contributed by atoms with Gasteiger partial charge in [-0.25, -0.2) is 4.79 Å². The molecule has 0 fully saturated rings. The lowest BCUT2D eigenvalue weighted by molar-refractivity contribution is 0.0827. The Balaban J connectivity index is 1.91. The van der Waals surface area contributed by atoms with Crippen LogP contribution in [0.5, 0.6) is 11.5 Å². The molecule has 28 heavy (non-hydrogen) atoms. The first-order chi connectivity index (χ1) is 13.5. The molecule has 0 bridgehead atoms. The highest BCUT2D eigenvalue weighted by Crippen LogP contribution is 2.34. The van der Waals surface area contributed by atoms with Gasteiger partial charge in [-0.2, -0.15) is 0 Å². The number of ether oxygens (including phenoxy) is 2. The summed E-state index contributed by atoms with van der Waals surface area (Å²) in [5, 5.41) is 5.35. The fourth-order valence-corrected chi connectivity index (χ4v) is 2.38. The minimum absolute atomic E-state index is 0.0641. The first kappa shape index (κ1) is 20.6. The monoisotopic (exact) mass is 381 g/mol. The molecule has 0 aliphatic carbocycles. The van der Waals surface area contributed by atoms with E-state index in [1.165, 1.54) is 19.1 Å². The zero-order valence-corrected chi connectivity index (χ0v) is 16.3. The van der Waals surface area contributed by atoms with Crippen molar-refractivity contribution in [1.82, 2.24) is 10.2 Å². The highest BCUT2D eigenvalue weighted by atomic mass is 16.5. The molecule has 2 N–H and O–H groups in total. The van der Waals surface area contributed by atoms with E-state index in [1.54, 1.807) is 56.6 Å². The molecule has 0 aliphatic heterocycles. The van der Waals surface area contributed by atoms with Crippen LogP contribution in [-0.2, 0) is 0 Å². The number of anilines is 1. The van der Waals surface area contributed by atoms with Crippen molar-refractivity contribution >= 4 is 17.6 Å². The standard InChI is InChI=1S/C21H23N3O4/c1-24(2)20(25)16-12-10-15(11-13-16)7-6-14-22-21(26)23-17-8-5-9-18(27-3)19(17)28-4/h5,8-13H,14H2,1-4H3,(H2,22,23,26). The van der Waals surface area contributed by atoms with E-state index in [0.717, 1.165) is 5.56 Å². The van der Waals surface area contributed by atoms with E-state index in [2.05, 4.69) is 22.5 Å². The molecule has 7 nitrogen and oxygen atoms in total. The molecule has 0 atom stereocenters. The molecule has 0 unspecified atom stereocenters. The summed E-state index contributed by atoms with van der Waals surface area (Å²) in [6, 6.07) is 11.8. The van der Waals surface area contributed by atoms with E-state index in [9.17, 15) is 9.59 Å². The molecule has 146 valence electrons. The Bertz CT molecular complexity index is 896. The van der Waals surface area contributed by atoms with Crippen molar-refractivity contribution in [2.45, 2.75) is 0 Å². The Morgan fingerprint density at radius 1 is 1.04 bits per heavy atom. The van der Waals surface area contributed by atoms with Crippen LogP contribution in [0.25, 0.3) is 0 Å². The van der Waals surface area contributed by atoms with Gasteiger partial charge in [-0.05, 0) is 36.4 Å². The van der Waals surface area contributed by atoms with Crippen LogP contribution >= 0.6 is 0 Å². The molecule has 0 saturated heterocycles. The molecule has 2 aromatic rings. The van der Waals surface area contributed by atoms with Crippen LogP contribution < -0.4 is 20.1 Å². The van der Waals surface area contributed by atoms with Crippen molar-refractivity contribution in [3.8, 4) is 23.3 Å². The van der Waals surface area contributed by atoms with Gasteiger partial charge in [0.1, 0.15) is 0 Å². The summed E-state index contributed by atoms with van der Waals surface area (Å²) in [5.74, 6) is 6.71. The number of rotatable bonds is 5. The first-order valence-electron chi connectivity index (χ1n) is 8.52. The lowest BCUT2D eigenvalue weighted by Crippen LogP contribution is -2.29. The van der Waals surface area contributed by atoms with Crippen molar-refractivity contribution in [2.24, 2.45) is 0 Å². The van der Waals surface area contributed by atoms with Gasteiger partial charge in [0.05, 0.1) is 26.5 Å². The Hall–Kier alpha value is -3.66. The van der Waals surface area contributed by atoms with Gasteiger partial charge in [-0.1, -0.05) is 17.9 Å². The van der Waals surface area contributed by atoms with Crippen molar-refractivity contribution in [3.05, 3.63) is 53.6 Å². The number of nitrogens with one attached hydrogen (secondary N) is 2. The van der Waals surface area contributed by atoms with E-state index < -0.39 is 6.03 Å². The Morgan fingerprint density at radius 3 is 2.36 bits per heavy atom. The number of methoxy groups -OCH3 is 2. The molecule has 3 amide bonds. The number of urea groups is 1. The molecule has 2 rings (SSSR count). The van der Waals surface area contributed by atoms with Crippen molar-refractivity contribution in [3.63, 3.8) is 0 Å². The number of amides is 3. The molecule has 0 radical (unpaired) electrons. The average Bonchev–Trinajstić information content (AvgIpc) is 2.70. The Labute approximate surface area is 164 Å². The van der Waals surface area contributed by atoms with Crippen molar-refractivity contribution in [1.29, 1.82) is 0 Å². The van der Waals surface area contributed by atoms with E-state index in [4.69, 9.17) is 9.47 Å². The quantitative estimate of drug-likeness (QED) is 0.780. The maximum Gasteiger partial charge on any atom is 0.320 e. The first-order valence-corrected chi connectivity index (χ1v) is 8.52. The second-order valence-electron chi connectivity index (χ2n) is 5.93. The molecule has 0 saturated carbocycles. The lowest BCUT2D eigenvalue weighted by Gasteiger charge is -2.13. The highest BCUT2D eigenvalue weighted by Gasteiger charge is 2.11. The van der Waals surface area contributed by atoms with Gasteiger partial charge in [-0.15, -0.1) is 0 Å². The van der Waals surface area contributed by atoms with E-state index >= 15 is 0 Å². The van der Waals surface area contributed by atoms with Gasteiger partial charge in [0.15, 0.2) is 11.5 Å². The lowest BCUT2D eigenvalue weighted by atomic mass is 10.1. The molecule has 0 aromatic heterocycles. The normalized spacial score (nSPS) is 9.57. The van der Waals surface area contributed by atoms with Crippen LogP contribution in [0.15, 0.2) is 42.5 Å². The second kappa shape index (κ2) is 9.88. The molecule has 0 heterocycles. The minimum Gasteiger partial charge on any atom is -0.493 e. The van der Waals surface area contributed by atoms with Gasteiger partial charge >= 0.3 is 6.03 Å². The summed E-state index contributed by atoms with van der Waals surface area (Å²) < 4.78 is 10.5. The molecule has 7 heteroatoms. The summed E-state index contributed by atoms with van der Waals surface area (Å²) in [6.45, 7) is 0.163. The largest absolute Gasteiger partial charge is 0.493 e. The fraction of sp³-hybridized carbons (Fsp3) is 0.238. The van der Waals surface area contributed by atoms with Crippen LogP contribution in [0.1, 0.15) is 15.9 Å². The maximum absolute atomic E-state index is 12.0. The number of hydrogen-bond donors (Lipinski definition) is 2. The van der Waals surface area contributed by atoms with Crippen molar-refractivity contribution in [2.75, 3.05) is 40.2 Å². The topological polar surface area (TPSA) is 79.9 Å². The number of carbonyl (C=O) groups excluding carboxylic acids is 2. The van der Waals surface area contributed by atoms with Crippen LogP contribution in [0, 0.1) is 11.8 Å². The third kappa shape index (κ3) is 5.42. The molecule has 0 spiro atoms. The molecule has 2 aromatic carbocycles. The average molecular weight is 381 g/mol. The van der Waals surface area contributed by atoms with Crippen molar-refractivity contribution < 1.29 is 19.1 Å². The number of nitrogens with zero attached hydrogens (tertiary/aromatic N) is 1. The predicted octanol–water partition coefficient (Wildman–Crippen LogP) is 2.58.